The summed E-state index contributed by atoms with van der Waals surface area (Å²) in [6.07, 6.45) is 5.85. The molecule has 0 radical (unpaired) electrons. The van der Waals surface area contributed by atoms with Gasteiger partial charge in [0.2, 0.25) is 0 Å². The first-order valence-corrected chi connectivity index (χ1v) is 7.02. The molecule has 0 saturated heterocycles. The minimum Gasteiger partial charge on any atom is -0.507 e. The molecule has 2 nitrogen and oxygen atoms in total. The van der Waals surface area contributed by atoms with E-state index in [1.165, 1.54) is 0 Å². The molecule has 2 aromatic rings. The lowest BCUT2D eigenvalue weighted by molar-refractivity contribution is 0.468. The molecule has 2 rings (SSSR count). The summed E-state index contributed by atoms with van der Waals surface area (Å²) >= 11 is 3.37. The third-order valence-corrected chi connectivity index (χ3v) is 3.39. The van der Waals surface area contributed by atoms with E-state index in [1.54, 1.807) is 18.2 Å². The van der Waals surface area contributed by atoms with Crippen molar-refractivity contribution in [3.63, 3.8) is 0 Å². The van der Waals surface area contributed by atoms with E-state index >= 15 is 0 Å². The van der Waals surface area contributed by atoms with Crippen molar-refractivity contribution < 1.29 is 10.2 Å². The Bertz CT molecular complexity index is 576. The zero-order chi connectivity index (χ0) is 13.0. The van der Waals surface area contributed by atoms with Crippen LogP contribution < -0.4 is 0 Å². The number of rotatable bonds is 4. The van der Waals surface area contributed by atoms with Crippen LogP contribution in [0.1, 0.15) is 18.4 Å². The van der Waals surface area contributed by atoms with Crippen LogP contribution in [-0.4, -0.2) is 15.5 Å². The van der Waals surface area contributed by atoms with Crippen molar-refractivity contribution in [2.45, 2.75) is 12.8 Å². The Kier molecular flexibility index (Phi) is 4.26. The van der Waals surface area contributed by atoms with Gasteiger partial charge >= 0.3 is 0 Å². The molecule has 0 aromatic heterocycles. The lowest BCUT2D eigenvalue weighted by atomic mass is 10.0. The maximum absolute atomic E-state index is 10.2. The van der Waals surface area contributed by atoms with Gasteiger partial charge in [-0.15, -0.1) is 0 Å². The number of alkyl halides is 1. The number of hydrogen-bond donors (Lipinski definition) is 2. The first-order chi connectivity index (χ1) is 8.74. The Hall–Kier alpha value is -1.48. The van der Waals surface area contributed by atoms with Crippen LogP contribution in [0, 0.1) is 0 Å². The van der Waals surface area contributed by atoms with Gasteiger partial charge < -0.3 is 10.2 Å². The Morgan fingerprint density at radius 3 is 2.56 bits per heavy atom. The van der Waals surface area contributed by atoms with Gasteiger partial charge in [0.1, 0.15) is 11.5 Å². The summed E-state index contributed by atoms with van der Waals surface area (Å²) < 4.78 is 0. The van der Waals surface area contributed by atoms with Crippen molar-refractivity contribution in [1.29, 1.82) is 0 Å². The van der Waals surface area contributed by atoms with E-state index in [2.05, 4.69) is 15.9 Å². The summed E-state index contributed by atoms with van der Waals surface area (Å²) in [4.78, 5) is 0. The first-order valence-electron chi connectivity index (χ1n) is 5.90. The SMILES string of the molecule is Oc1cc(C=CCCCBr)c(O)c2ccccc12. The third kappa shape index (κ3) is 2.67. The van der Waals surface area contributed by atoms with Gasteiger partial charge in [0, 0.05) is 21.7 Å². The minimum atomic E-state index is 0.198. The summed E-state index contributed by atoms with van der Waals surface area (Å²) in [6, 6.07) is 8.89. The van der Waals surface area contributed by atoms with Crippen LogP contribution in [0.3, 0.4) is 0 Å². The molecule has 2 N–H and O–H groups in total. The highest BCUT2D eigenvalue weighted by atomic mass is 79.9. The molecule has 0 atom stereocenters. The highest BCUT2D eigenvalue weighted by Gasteiger charge is 2.08. The number of benzene rings is 2. The summed E-state index contributed by atoms with van der Waals surface area (Å²) in [5, 5.41) is 22.4. The Labute approximate surface area is 115 Å². The van der Waals surface area contributed by atoms with E-state index in [0.717, 1.165) is 18.2 Å². The summed E-state index contributed by atoms with van der Waals surface area (Å²) in [6.45, 7) is 0. The van der Waals surface area contributed by atoms with Crippen molar-refractivity contribution in [1.82, 2.24) is 0 Å². The maximum Gasteiger partial charge on any atom is 0.130 e. The second kappa shape index (κ2) is 5.91. The summed E-state index contributed by atoms with van der Waals surface area (Å²) in [7, 11) is 0. The molecule has 0 heterocycles. The fourth-order valence-corrected chi connectivity index (χ4v) is 2.22. The largest absolute Gasteiger partial charge is 0.507 e. The molecule has 0 unspecified atom stereocenters. The van der Waals surface area contributed by atoms with Crippen LogP contribution in [0.2, 0.25) is 0 Å². The first kappa shape index (κ1) is 13.0. The number of hydrogen-bond acceptors (Lipinski definition) is 2. The molecule has 18 heavy (non-hydrogen) atoms. The fourth-order valence-electron chi connectivity index (χ4n) is 1.89. The third-order valence-electron chi connectivity index (χ3n) is 2.83. The number of aromatic hydroxyl groups is 2. The molecule has 94 valence electrons. The topological polar surface area (TPSA) is 40.5 Å². The zero-order valence-corrected chi connectivity index (χ0v) is 11.5. The summed E-state index contributed by atoms with van der Waals surface area (Å²) in [5.74, 6) is 0.419. The Balaban J connectivity index is 2.40. The lowest BCUT2D eigenvalue weighted by Gasteiger charge is -2.07. The van der Waals surface area contributed by atoms with Crippen molar-refractivity contribution in [2.24, 2.45) is 0 Å². The molecule has 0 aliphatic rings. The number of unbranched alkanes of at least 4 members (excludes halogenated alkanes) is 1. The van der Waals surface area contributed by atoms with Crippen molar-refractivity contribution in [3.05, 3.63) is 42.0 Å². The quantitative estimate of drug-likeness (QED) is 0.498. The summed E-state index contributed by atoms with van der Waals surface area (Å²) in [5.41, 5.74) is 0.653. The zero-order valence-electron chi connectivity index (χ0n) is 9.94. The molecular formula is C15H15BrO2. The molecule has 0 aliphatic carbocycles. The molecule has 0 fully saturated rings. The minimum absolute atomic E-state index is 0.198. The van der Waals surface area contributed by atoms with E-state index in [9.17, 15) is 10.2 Å². The predicted molar refractivity (Wildman–Crippen MR) is 79.3 cm³/mol. The molecule has 0 amide bonds. The number of phenols is 2. The van der Waals surface area contributed by atoms with Crippen LogP contribution in [0.25, 0.3) is 16.8 Å². The lowest BCUT2D eigenvalue weighted by Crippen LogP contribution is -1.81. The van der Waals surface area contributed by atoms with E-state index in [-0.39, 0.29) is 11.5 Å². The van der Waals surface area contributed by atoms with Gasteiger partial charge in [-0.05, 0) is 18.9 Å². The second-order valence-corrected chi connectivity index (χ2v) is 4.91. The Morgan fingerprint density at radius 1 is 1.11 bits per heavy atom. The van der Waals surface area contributed by atoms with Crippen LogP contribution in [0.4, 0.5) is 0 Å². The monoisotopic (exact) mass is 306 g/mol. The molecule has 0 aliphatic heterocycles. The van der Waals surface area contributed by atoms with E-state index in [4.69, 9.17) is 0 Å². The van der Waals surface area contributed by atoms with Gasteiger partial charge in [0.15, 0.2) is 0 Å². The van der Waals surface area contributed by atoms with E-state index in [1.807, 2.05) is 24.3 Å². The normalized spacial score (nSPS) is 11.4. The van der Waals surface area contributed by atoms with Gasteiger partial charge in [-0.1, -0.05) is 52.3 Å². The average molecular weight is 307 g/mol. The Morgan fingerprint density at radius 2 is 1.83 bits per heavy atom. The van der Waals surface area contributed by atoms with Gasteiger partial charge in [-0.3, -0.25) is 0 Å². The van der Waals surface area contributed by atoms with Gasteiger partial charge in [-0.25, -0.2) is 0 Å². The predicted octanol–water partition coefficient (Wildman–Crippen LogP) is 4.44. The van der Waals surface area contributed by atoms with Gasteiger partial charge in [-0.2, -0.15) is 0 Å². The van der Waals surface area contributed by atoms with E-state index in [0.29, 0.717) is 16.3 Å². The van der Waals surface area contributed by atoms with Gasteiger partial charge in [0.05, 0.1) is 0 Å². The molecule has 2 aromatic carbocycles. The van der Waals surface area contributed by atoms with Crippen LogP contribution in [0.15, 0.2) is 36.4 Å². The number of halogens is 1. The molecule has 0 spiro atoms. The van der Waals surface area contributed by atoms with Gasteiger partial charge in [0.25, 0.3) is 0 Å². The van der Waals surface area contributed by atoms with Crippen LogP contribution in [0.5, 0.6) is 11.5 Å². The average Bonchev–Trinajstić information content (AvgIpc) is 2.40. The fraction of sp³-hybridized carbons (Fsp3) is 0.200. The number of fused-ring (bicyclic) bond motifs is 1. The van der Waals surface area contributed by atoms with Crippen molar-refractivity contribution in [3.8, 4) is 11.5 Å². The highest BCUT2D eigenvalue weighted by molar-refractivity contribution is 9.09. The highest BCUT2D eigenvalue weighted by Crippen LogP contribution is 2.35. The smallest absolute Gasteiger partial charge is 0.130 e. The number of phenolic OH excluding ortho intramolecular Hbond substituents is 2. The van der Waals surface area contributed by atoms with Crippen molar-refractivity contribution in [2.75, 3.05) is 5.33 Å². The standard InChI is InChI=1S/C15H15BrO2/c16-9-5-1-2-6-11-10-14(17)12-7-3-4-8-13(12)15(11)18/h2-4,6-8,10,17-18H,1,5,9H2. The van der Waals surface area contributed by atoms with Crippen LogP contribution >= 0.6 is 15.9 Å². The number of allylic oxidation sites excluding steroid dienone is 1. The maximum atomic E-state index is 10.2. The molecular weight excluding hydrogens is 292 g/mol. The van der Waals surface area contributed by atoms with Crippen molar-refractivity contribution >= 4 is 32.8 Å². The molecule has 0 saturated carbocycles. The molecule has 3 heteroatoms. The second-order valence-electron chi connectivity index (χ2n) is 4.11. The van der Waals surface area contributed by atoms with E-state index < -0.39 is 0 Å². The van der Waals surface area contributed by atoms with Crippen LogP contribution in [-0.2, 0) is 0 Å². The molecule has 0 bridgehead atoms.